The summed E-state index contributed by atoms with van der Waals surface area (Å²) >= 11 is 3.37. The molecule has 2 aromatic carbocycles. The molecule has 0 aliphatic carbocycles. The number of carbonyl (C=O) groups is 1. The Kier molecular flexibility index (Phi) is 4.73. The van der Waals surface area contributed by atoms with E-state index in [-0.39, 0.29) is 12.5 Å². The van der Waals surface area contributed by atoms with Crippen LogP contribution in [0.15, 0.2) is 40.9 Å². The van der Waals surface area contributed by atoms with E-state index in [9.17, 15) is 13.6 Å². The van der Waals surface area contributed by atoms with E-state index in [1.54, 1.807) is 13.1 Å². The number of amides is 1. The summed E-state index contributed by atoms with van der Waals surface area (Å²) in [6, 6.07) is 9.08. The van der Waals surface area contributed by atoms with Crippen LogP contribution in [-0.2, 0) is 6.54 Å². The van der Waals surface area contributed by atoms with Gasteiger partial charge in [-0.1, -0.05) is 12.1 Å². The van der Waals surface area contributed by atoms with Crippen LogP contribution >= 0.6 is 15.9 Å². The van der Waals surface area contributed by atoms with E-state index in [1.165, 1.54) is 11.0 Å². The summed E-state index contributed by atoms with van der Waals surface area (Å²) in [7, 11) is 1.62. The van der Waals surface area contributed by atoms with Crippen molar-refractivity contribution in [1.82, 2.24) is 4.90 Å². The van der Waals surface area contributed by atoms with Crippen LogP contribution in [0.4, 0.5) is 8.78 Å². The van der Waals surface area contributed by atoms with E-state index in [4.69, 9.17) is 0 Å². The minimum atomic E-state index is -0.912. The fourth-order valence-corrected chi connectivity index (χ4v) is 2.65. The maximum atomic E-state index is 13.2. The van der Waals surface area contributed by atoms with E-state index < -0.39 is 11.6 Å². The van der Waals surface area contributed by atoms with E-state index in [0.29, 0.717) is 15.6 Å². The molecule has 0 aliphatic rings. The molecule has 110 valence electrons. The van der Waals surface area contributed by atoms with Crippen LogP contribution in [0.1, 0.15) is 21.5 Å². The van der Waals surface area contributed by atoms with Crippen LogP contribution in [-0.4, -0.2) is 17.9 Å². The van der Waals surface area contributed by atoms with Gasteiger partial charge in [-0.15, -0.1) is 0 Å². The maximum absolute atomic E-state index is 13.2. The number of hydrogen-bond donors (Lipinski definition) is 0. The Morgan fingerprint density at radius 1 is 1.14 bits per heavy atom. The molecular weight excluding hydrogens is 340 g/mol. The van der Waals surface area contributed by atoms with Crippen molar-refractivity contribution in [2.24, 2.45) is 0 Å². The van der Waals surface area contributed by atoms with Crippen LogP contribution in [0.5, 0.6) is 0 Å². The average molecular weight is 354 g/mol. The second-order valence-corrected chi connectivity index (χ2v) is 5.75. The minimum absolute atomic E-state index is 0.188. The van der Waals surface area contributed by atoms with Gasteiger partial charge in [0.1, 0.15) is 0 Å². The van der Waals surface area contributed by atoms with Gasteiger partial charge >= 0.3 is 0 Å². The lowest BCUT2D eigenvalue weighted by Gasteiger charge is -2.18. The predicted octanol–water partition coefficient (Wildman–Crippen LogP) is 4.31. The lowest BCUT2D eigenvalue weighted by Crippen LogP contribution is -2.26. The molecule has 0 radical (unpaired) electrons. The molecule has 0 spiro atoms. The van der Waals surface area contributed by atoms with E-state index >= 15 is 0 Å². The Morgan fingerprint density at radius 2 is 1.86 bits per heavy atom. The molecule has 0 saturated carbocycles. The van der Waals surface area contributed by atoms with Crippen molar-refractivity contribution in [2.45, 2.75) is 13.5 Å². The van der Waals surface area contributed by atoms with Crippen LogP contribution in [0.25, 0.3) is 0 Å². The maximum Gasteiger partial charge on any atom is 0.255 e. The molecule has 0 N–H and O–H groups in total. The molecule has 0 fully saturated rings. The second kappa shape index (κ2) is 6.35. The third-order valence-corrected chi connectivity index (χ3v) is 3.76. The number of benzene rings is 2. The molecule has 0 aliphatic heterocycles. The molecule has 0 aromatic heterocycles. The van der Waals surface area contributed by atoms with Gasteiger partial charge in [0.15, 0.2) is 11.6 Å². The summed E-state index contributed by atoms with van der Waals surface area (Å²) in [5.74, 6) is -1.99. The Morgan fingerprint density at radius 3 is 2.48 bits per heavy atom. The molecule has 21 heavy (non-hydrogen) atoms. The van der Waals surface area contributed by atoms with Gasteiger partial charge in [0, 0.05) is 18.1 Å². The molecule has 0 saturated heterocycles. The Labute approximate surface area is 130 Å². The fourth-order valence-electron chi connectivity index (χ4n) is 1.98. The lowest BCUT2D eigenvalue weighted by molar-refractivity contribution is 0.0784. The normalized spacial score (nSPS) is 10.5. The molecule has 2 aromatic rings. The van der Waals surface area contributed by atoms with Gasteiger partial charge in [0.2, 0.25) is 0 Å². The van der Waals surface area contributed by atoms with E-state index in [0.717, 1.165) is 17.7 Å². The number of carbonyl (C=O) groups excluding carboxylic acids is 1. The number of halogens is 3. The monoisotopic (exact) mass is 353 g/mol. The van der Waals surface area contributed by atoms with Crippen LogP contribution in [0.2, 0.25) is 0 Å². The van der Waals surface area contributed by atoms with Crippen molar-refractivity contribution in [1.29, 1.82) is 0 Å². The van der Waals surface area contributed by atoms with Gasteiger partial charge in [0.05, 0.1) is 5.56 Å². The Bertz CT molecular complexity index is 688. The molecule has 0 atom stereocenters. The zero-order valence-electron chi connectivity index (χ0n) is 11.7. The van der Waals surface area contributed by atoms with Crippen molar-refractivity contribution < 1.29 is 13.6 Å². The van der Waals surface area contributed by atoms with Gasteiger partial charge in [-0.3, -0.25) is 4.79 Å². The summed E-state index contributed by atoms with van der Waals surface area (Å²) in [6.07, 6.45) is 0. The van der Waals surface area contributed by atoms with Crippen LogP contribution in [0.3, 0.4) is 0 Å². The lowest BCUT2D eigenvalue weighted by atomic mass is 10.1. The molecule has 2 nitrogen and oxygen atoms in total. The topological polar surface area (TPSA) is 20.3 Å². The second-order valence-electron chi connectivity index (χ2n) is 4.89. The summed E-state index contributed by atoms with van der Waals surface area (Å²) < 4.78 is 26.8. The third-order valence-electron chi connectivity index (χ3n) is 3.11. The first-order valence-electron chi connectivity index (χ1n) is 6.34. The molecule has 1 amide bonds. The summed E-state index contributed by atoms with van der Waals surface area (Å²) in [5, 5.41) is 0. The predicted molar refractivity (Wildman–Crippen MR) is 81.0 cm³/mol. The highest BCUT2D eigenvalue weighted by Crippen LogP contribution is 2.20. The average Bonchev–Trinajstić information content (AvgIpc) is 2.42. The van der Waals surface area contributed by atoms with Crippen molar-refractivity contribution in [3.8, 4) is 0 Å². The zero-order chi connectivity index (χ0) is 15.6. The number of aryl methyl sites for hydroxylation is 1. The summed E-state index contributed by atoms with van der Waals surface area (Å²) in [4.78, 5) is 13.8. The number of nitrogens with zero attached hydrogens (tertiary/aromatic N) is 1. The van der Waals surface area contributed by atoms with Gasteiger partial charge < -0.3 is 4.90 Å². The fraction of sp³-hybridized carbons (Fsp3) is 0.188. The SMILES string of the molecule is Cc1ccc(C(=O)N(C)Cc2ccc(F)c(F)c2)c(Br)c1. The highest BCUT2D eigenvalue weighted by molar-refractivity contribution is 9.10. The minimum Gasteiger partial charge on any atom is -0.337 e. The first-order chi connectivity index (χ1) is 9.88. The van der Waals surface area contributed by atoms with Crippen LogP contribution < -0.4 is 0 Å². The van der Waals surface area contributed by atoms with E-state index in [1.807, 2.05) is 19.1 Å². The number of rotatable bonds is 3. The van der Waals surface area contributed by atoms with Crippen molar-refractivity contribution in [2.75, 3.05) is 7.05 Å². The third kappa shape index (κ3) is 3.67. The van der Waals surface area contributed by atoms with Crippen molar-refractivity contribution in [3.63, 3.8) is 0 Å². The smallest absolute Gasteiger partial charge is 0.255 e. The van der Waals surface area contributed by atoms with Gasteiger partial charge in [-0.25, -0.2) is 8.78 Å². The first kappa shape index (κ1) is 15.6. The Hall–Kier alpha value is -1.75. The molecule has 0 bridgehead atoms. The summed E-state index contributed by atoms with van der Waals surface area (Å²) in [5.41, 5.74) is 2.11. The van der Waals surface area contributed by atoms with Gasteiger partial charge in [-0.2, -0.15) is 0 Å². The standard InChI is InChI=1S/C16H14BrF2NO/c1-10-3-5-12(13(17)7-10)16(21)20(2)9-11-4-6-14(18)15(19)8-11/h3-8H,9H2,1-2H3. The van der Waals surface area contributed by atoms with Crippen molar-refractivity contribution >= 4 is 21.8 Å². The summed E-state index contributed by atoms with van der Waals surface area (Å²) in [6.45, 7) is 2.14. The molecule has 0 unspecified atom stereocenters. The number of hydrogen-bond acceptors (Lipinski definition) is 1. The molecule has 5 heteroatoms. The Balaban J connectivity index is 2.17. The largest absolute Gasteiger partial charge is 0.337 e. The van der Waals surface area contributed by atoms with Gasteiger partial charge in [0.25, 0.3) is 5.91 Å². The molecular formula is C16H14BrF2NO. The zero-order valence-corrected chi connectivity index (χ0v) is 13.2. The highest BCUT2D eigenvalue weighted by atomic mass is 79.9. The van der Waals surface area contributed by atoms with Gasteiger partial charge in [-0.05, 0) is 58.2 Å². The van der Waals surface area contributed by atoms with E-state index in [2.05, 4.69) is 15.9 Å². The molecule has 2 rings (SSSR count). The molecule has 0 heterocycles. The first-order valence-corrected chi connectivity index (χ1v) is 7.13. The van der Waals surface area contributed by atoms with Crippen LogP contribution in [0, 0.1) is 18.6 Å². The van der Waals surface area contributed by atoms with Crippen molar-refractivity contribution in [3.05, 3.63) is 69.2 Å². The highest BCUT2D eigenvalue weighted by Gasteiger charge is 2.15. The quantitative estimate of drug-likeness (QED) is 0.805.